The van der Waals surface area contributed by atoms with Gasteiger partial charge in [0.25, 0.3) is 0 Å². The van der Waals surface area contributed by atoms with Crippen molar-refractivity contribution in [3.63, 3.8) is 0 Å². The van der Waals surface area contributed by atoms with Crippen LogP contribution >= 0.6 is 0 Å². The first-order valence-electron chi connectivity index (χ1n) is 6.69. The fourth-order valence-electron chi connectivity index (χ4n) is 2.25. The summed E-state index contributed by atoms with van der Waals surface area (Å²) in [4.78, 5) is 0.364. The summed E-state index contributed by atoms with van der Waals surface area (Å²) in [5.74, 6) is 0.746. The Morgan fingerprint density at radius 1 is 1.21 bits per heavy atom. The van der Waals surface area contributed by atoms with Gasteiger partial charge < -0.3 is 4.74 Å². The lowest BCUT2D eigenvalue weighted by molar-refractivity contribution is 0.240. The number of rotatable bonds is 4. The zero-order chi connectivity index (χ0) is 14.0. The van der Waals surface area contributed by atoms with Crippen molar-refractivity contribution in [3.05, 3.63) is 23.8 Å². The Morgan fingerprint density at radius 3 is 2.37 bits per heavy atom. The number of ether oxygens (including phenoxy) is 1. The first-order valence-corrected chi connectivity index (χ1v) is 8.13. The van der Waals surface area contributed by atoms with Crippen LogP contribution in [-0.4, -0.2) is 31.9 Å². The zero-order valence-electron chi connectivity index (χ0n) is 11.7. The Bertz CT molecular complexity index is 546. The molecule has 0 radical (unpaired) electrons. The first kappa shape index (κ1) is 14.3. The van der Waals surface area contributed by atoms with Crippen molar-refractivity contribution in [1.29, 1.82) is 0 Å². The molecule has 0 N–H and O–H groups in total. The molecule has 1 aromatic carbocycles. The molecule has 0 saturated carbocycles. The van der Waals surface area contributed by atoms with Crippen molar-refractivity contribution in [2.45, 2.75) is 44.6 Å². The maximum atomic E-state index is 12.4. The summed E-state index contributed by atoms with van der Waals surface area (Å²) in [6.07, 6.45) is 1.99. The van der Waals surface area contributed by atoms with Gasteiger partial charge in [0.15, 0.2) is 0 Å². The average molecular weight is 283 g/mol. The van der Waals surface area contributed by atoms with Crippen molar-refractivity contribution < 1.29 is 13.2 Å². The number of hydrogen-bond acceptors (Lipinski definition) is 3. The molecule has 106 valence electrons. The van der Waals surface area contributed by atoms with E-state index in [-0.39, 0.29) is 6.10 Å². The Morgan fingerprint density at radius 2 is 1.84 bits per heavy atom. The van der Waals surface area contributed by atoms with Crippen molar-refractivity contribution in [2.24, 2.45) is 0 Å². The SMILES string of the molecule is Cc1cc(S(=O)(=O)N2CCCC2)ccc1OC(C)C. The van der Waals surface area contributed by atoms with Gasteiger partial charge in [-0.15, -0.1) is 0 Å². The quantitative estimate of drug-likeness (QED) is 0.853. The van der Waals surface area contributed by atoms with Gasteiger partial charge >= 0.3 is 0 Å². The molecular weight excluding hydrogens is 262 g/mol. The van der Waals surface area contributed by atoms with Crippen LogP contribution in [-0.2, 0) is 10.0 Å². The van der Waals surface area contributed by atoms with Crippen LogP contribution < -0.4 is 4.74 Å². The van der Waals surface area contributed by atoms with Crippen LogP contribution in [0, 0.1) is 6.92 Å². The fourth-order valence-corrected chi connectivity index (χ4v) is 3.85. The molecular formula is C14H21NO3S. The Kier molecular flexibility index (Phi) is 4.16. The second-order valence-corrected chi connectivity index (χ2v) is 7.14. The van der Waals surface area contributed by atoms with Gasteiger partial charge in [0.1, 0.15) is 5.75 Å². The monoisotopic (exact) mass is 283 g/mol. The van der Waals surface area contributed by atoms with E-state index >= 15 is 0 Å². The number of benzene rings is 1. The molecule has 1 fully saturated rings. The Labute approximate surface area is 115 Å². The molecule has 0 amide bonds. The third-order valence-electron chi connectivity index (χ3n) is 3.21. The highest BCUT2D eigenvalue weighted by Gasteiger charge is 2.27. The minimum absolute atomic E-state index is 0.0831. The van der Waals surface area contributed by atoms with E-state index in [9.17, 15) is 8.42 Å². The van der Waals surface area contributed by atoms with Gasteiger partial charge in [-0.25, -0.2) is 8.42 Å². The van der Waals surface area contributed by atoms with Crippen molar-refractivity contribution >= 4 is 10.0 Å². The summed E-state index contributed by atoms with van der Waals surface area (Å²) in [6.45, 7) is 7.04. The van der Waals surface area contributed by atoms with Gasteiger partial charge in [-0.3, -0.25) is 0 Å². The third-order valence-corrected chi connectivity index (χ3v) is 5.11. The summed E-state index contributed by atoms with van der Waals surface area (Å²) in [5.41, 5.74) is 0.856. The van der Waals surface area contributed by atoms with Gasteiger partial charge in [0, 0.05) is 13.1 Å². The number of nitrogens with zero attached hydrogens (tertiary/aromatic N) is 1. The molecule has 1 aliphatic heterocycles. The predicted molar refractivity (Wildman–Crippen MR) is 74.9 cm³/mol. The minimum Gasteiger partial charge on any atom is -0.491 e. The maximum Gasteiger partial charge on any atom is 0.243 e. The summed E-state index contributed by atoms with van der Waals surface area (Å²) in [5, 5.41) is 0. The van der Waals surface area contributed by atoms with E-state index < -0.39 is 10.0 Å². The molecule has 1 heterocycles. The maximum absolute atomic E-state index is 12.4. The normalized spacial score (nSPS) is 17.1. The highest BCUT2D eigenvalue weighted by Crippen LogP contribution is 2.26. The molecule has 4 nitrogen and oxygen atoms in total. The first-order chi connectivity index (χ1) is 8.91. The van der Waals surface area contributed by atoms with Crippen LogP contribution in [0.4, 0.5) is 0 Å². The van der Waals surface area contributed by atoms with E-state index in [0.717, 1.165) is 24.2 Å². The minimum atomic E-state index is -3.33. The van der Waals surface area contributed by atoms with E-state index in [0.29, 0.717) is 18.0 Å². The van der Waals surface area contributed by atoms with Crippen LogP contribution in [0.5, 0.6) is 5.75 Å². The van der Waals surface area contributed by atoms with Gasteiger partial charge in [0.05, 0.1) is 11.0 Å². The van der Waals surface area contributed by atoms with Crippen LogP contribution in [0.25, 0.3) is 0 Å². The van der Waals surface area contributed by atoms with Crippen LogP contribution in [0.15, 0.2) is 23.1 Å². The summed E-state index contributed by atoms with van der Waals surface area (Å²) >= 11 is 0. The van der Waals surface area contributed by atoms with Crippen LogP contribution in [0.2, 0.25) is 0 Å². The van der Waals surface area contributed by atoms with Crippen molar-refractivity contribution in [1.82, 2.24) is 4.31 Å². The van der Waals surface area contributed by atoms with E-state index in [1.807, 2.05) is 20.8 Å². The fraction of sp³-hybridized carbons (Fsp3) is 0.571. The largest absolute Gasteiger partial charge is 0.491 e. The van der Waals surface area contributed by atoms with Crippen LogP contribution in [0.3, 0.4) is 0 Å². The lowest BCUT2D eigenvalue weighted by Crippen LogP contribution is -2.27. The molecule has 5 heteroatoms. The Hall–Kier alpha value is -1.07. The van der Waals surface area contributed by atoms with E-state index in [1.165, 1.54) is 0 Å². The van der Waals surface area contributed by atoms with Gasteiger partial charge in [-0.1, -0.05) is 0 Å². The van der Waals surface area contributed by atoms with Crippen molar-refractivity contribution in [2.75, 3.05) is 13.1 Å². The lowest BCUT2D eigenvalue weighted by Gasteiger charge is -2.17. The van der Waals surface area contributed by atoms with Gasteiger partial charge in [0.2, 0.25) is 10.0 Å². The lowest BCUT2D eigenvalue weighted by atomic mass is 10.2. The molecule has 1 aromatic rings. The van der Waals surface area contributed by atoms with Crippen molar-refractivity contribution in [3.8, 4) is 5.75 Å². The molecule has 2 rings (SSSR count). The molecule has 0 unspecified atom stereocenters. The highest BCUT2D eigenvalue weighted by molar-refractivity contribution is 7.89. The number of hydrogen-bond donors (Lipinski definition) is 0. The molecule has 1 saturated heterocycles. The highest BCUT2D eigenvalue weighted by atomic mass is 32.2. The topological polar surface area (TPSA) is 46.6 Å². The van der Waals surface area contributed by atoms with Gasteiger partial charge in [-0.2, -0.15) is 4.31 Å². The molecule has 1 aliphatic rings. The summed E-state index contributed by atoms with van der Waals surface area (Å²) in [7, 11) is -3.33. The van der Waals surface area contributed by atoms with E-state index in [1.54, 1.807) is 22.5 Å². The predicted octanol–water partition coefficient (Wildman–Crippen LogP) is 2.57. The molecule has 0 aromatic heterocycles. The molecule has 19 heavy (non-hydrogen) atoms. The summed E-state index contributed by atoms with van der Waals surface area (Å²) < 4.78 is 32.0. The van der Waals surface area contributed by atoms with Gasteiger partial charge in [-0.05, 0) is 57.4 Å². The molecule has 0 bridgehead atoms. The number of aryl methyl sites for hydroxylation is 1. The molecule has 0 atom stereocenters. The van der Waals surface area contributed by atoms with E-state index in [2.05, 4.69) is 0 Å². The standard InChI is InChI=1S/C14H21NO3S/c1-11(2)18-14-7-6-13(10-12(14)3)19(16,17)15-8-4-5-9-15/h6-7,10-11H,4-5,8-9H2,1-3H3. The second-order valence-electron chi connectivity index (χ2n) is 5.21. The van der Waals surface area contributed by atoms with Crippen LogP contribution in [0.1, 0.15) is 32.3 Å². The number of sulfonamides is 1. The smallest absolute Gasteiger partial charge is 0.243 e. The zero-order valence-corrected chi connectivity index (χ0v) is 12.5. The molecule has 0 aliphatic carbocycles. The van der Waals surface area contributed by atoms with E-state index in [4.69, 9.17) is 4.74 Å². The molecule has 0 spiro atoms. The average Bonchev–Trinajstić information content (AvgIpc) is 2.85. The summed E-state index contributed by atoms with van der Waals surface area (Å²) in [6, 6.07) is 5.09. The Balaban J connectivity index is 2.28. The second kappa shape index (κ2) is 5.51. The third kappa shape index (κ3) is 3.09.